The maximum atomic E-state index is 11.2. The number of nitrogens with zero attached hydrogens (tertiary/aromatic N) is 3. The summed E-state index contributed by atoms with van der Waals surface area (Å²) in [6, 6.07) is 0.183. The van der Waals surface area contributed by atoms with Crippen molar-refractivity contribution in [2.75, 3.05) is 14.1 Å². The van der Waals surface area contributed by atoms with Crippen molar-refractivity contribution < 1.29 is 5.11 Å². The summed E-state index contributed by atoms with van der Waals surface area (Å²) in [4.78, 5) is 2.18. The lowest BCUT2D eigenvalue weighted by Crippen LogP contribution is -2.52. The summed E-state index contributed by atoms with van der Waals surface area (Å²) in [5, 5.41) is 16.1. The Bertz CT molecular complexity index is 486. The topological polar surface area (TPSA) is 41.3 Å². The van der Waals surface area contributed by atoms with Crippen molar-refractivity contribution in [2.24, 2.45) is 5.92 Å². The first-order valence-electron chi connectivity index (χ1n) is 7.88. The molecule has 21 heavy (non-hydrogen) atoms. The van der Waals surface area contributed by atoms with E-state index >= 15 is 0 Å². The van der Waals surface area contributed by atoms with Gasteiger partial charge in [0.15, 0.2) is 0 Å². The maximum absolute atomic E-state index is 11.2. The molecule has 0 aliphatic heterocycles. The van der Waals surface area contributed by atoms with E-state index in [1.165, 1.54) is 6.42 Å². The van der Waals surface area contributed by atoms with E-state index in [4.69, 9.17) is 11.6 Å². The lowest BCUT2D eigenvalue weighted by molar-refractivity contribution is -0.0494. The third-order valence-corrected chi connectivity index (χ3v) is 5.23. The van der Waals surface area contributed by atoms with Gasteiger partial charge in [-0.3, -0.25) is 4.68 Å². The fourth-order valence-electron chi connectivity index (χ4n) is 3.74. The lowest BCUT2D eigenvalue weighted by Gasteiger charge is -2.48. The second-order valence-corrected chi connectivity index (χ2v) is 7.43. The SMILES string of the molecule is CC1CCCC(C(O)c2c(Cl)cnn2C(C)C)(N(C)C)C1. The highest BCUT2D eigenvalue weighted by Gasteiger charge is 2.45. The van der Waals surface area contributed by atoms with E-state index in [1.54, 1.807) is 6.20 Å². The molecule has 0 radical (unpaired) electrons. The van der Waals surface area contributed by atoms with E-state index in [2.05, 4.69) is 44.9 Å². The van der Waals surface area contributed by atoms with E-state index in [0.29, 0.717) is 10.9 Å². The molecule has 0 spiro atoms. The minimum atomic E-state index is -0.618. The van der Waals surface area contributed by atoms with Crippen molar-refractivity contribution >= 4 is 11.6 Å². The minimum absolute atomic E-state index is 0.183. The molecule has 1 fully saturated rings. The van der Waals surface area contributed by atoms with Crippen molar-refractivity contribution in [1.82, 2.24) is 14.7 Å². The summed E-state index contributed by atoms with van der Waals surface area (Å²) in [6.07, 6.45) is 5.39. The van der Waals surface area contributed by atoms with Gasteiger partial charge in [-0.15, -0.1) is 0 Å². The predicted molar refractivity (Wildman–Crippen MR) is 86.6 cm³/mol. The second-order valence-electron chi connectivity index (χ2n) is 7.02. The number of aliphatic hydroxyl groups excluding tert-OH is 1. The van der Waals surface area contributed by atoms with Crippen LogP contribution in [0.1, 0.15) is 64.3 Å². The molecule has 3 unspecified atom stereocenters. The van der Waals surface area contributed by atoms with Gasteiger partial charge in [-0.05, 0) is 46.7 Å². The molecule has 0 aromatic carbocycles. The number of likely N-dealkylation sites (N-methyl/N-ethyl adjacent to an activating group) is 1. The minimum Gasteiger partial charge on any atom is -0.385 e. The van der Waals surface area contributed by atoms with Crippen LogP contribution in [-0.2, 0) is 0 Å². The van der Waals surface area contributed by atoms with Gasteiger partial charge < -0.3 is 10.0 Å². The van der Waals surface area contributed by atoms with E-state index in [-0.39, 0.29) is 11.6 Å². The molecule has 3 atom stereocenters. The third kappa shape index (κ3) is 2.99. The number of hydrogen-bond donors (Lipinski definition) is 1. The lowest BCUT2D eigenvalue weighted by atomic mass is 9.71. The number of aliphatic hydroxyl groups is 1. The predicted octanol–water partition coefficient (Wildman–Crippen LogP) is 3.66. The zero-order chi connectivity index (χ0) is 15.8. The fourth-order valence-corrected chi connectivity index (χ4v) is 3.97. The fraction of sp³-hybridized carbons (Fsp3) is 0.812. The van der Waals surface area contributed by atoms with Gasteiger partial charge in [0.1, 0.15) is 6.10 Å². The van der Waals surface area contributed by atoms with Crippen molar-refractivity contribution in [1.29, 1.82) is 0 Å². The Morgan fingerprint density at radius 1 is 1.48 bits per heavy atom. The van der Waals surface area contributed by atoms with Crippen molar-refractivity contribution in [3.8, 4) is 0 Å². The number of rotatable bonds is 4. The average Bonchev–Trinajstić information content (AvgIpc) is 2.79. The summed E-state index contributed by atoms with van der Waals surface area (Å²) in [6.45, 7) is 6.39. The highest BCUT2D eigenvalue weighted by atomic mass is 35.5. The van der Waals surface area contributed by atoms with E-state index < -0.39 is 6.10 Å². The van der Waals surface area contributed by atoms with Crippen molar-refractivity contribution in [2.45, 2.75) is 64.1 Å². The van der Waals surface area contributed by atoms with E-state index in [9.17, 15) is 5.11 Å². The summed E-state index contributed by atoms with van der Waals surface area (Å²) in [5.74, 6) is 0.616. The second kappa shape index (κ2) is 6.27. The summed E-state index contributed by atoms with van der Waals surface area (Å²) in [5.41, 5.74) is 0.503. The summed E-state index contributed by atoms with van der Waals surface area (Å²) < 4.78 is 1.86. The molecular formula is C16H28ClN3O. The standard InChI is InChI=1S/C16H28ClN3O/c1-11(2)20-14(13(17)10-18-20)15(21)16(19(4)5)8-6-7-12(3)9-16/h10-12,15,21H,6-9H2,1-5H3. The van der Waals surface area contributed by atoms with Crippen LogP contribution in [0, 0.1) is 5.92 Å². The quantitative estimate of drug-likeness (QED) is 0.922. The molecule has 0 bridgehead atoms. The van der Waals surface area contributed by atoms with Gasteiger partial charge in [0.2, 0.25) is 0 Å². The molecule has 2 rings (SSSR count). The first kappa shape index (κ1) is 16.8. The molecule has 4 nitrogen and oxygen atoms in total. The van der Waals surface area contributed by atoms with Gasteiger partial charge in [-0.25, -0.2) is 0 Å². The molecule has 1 aromatic rings. The molecule has 0 saturated heterocycles. The molecule has 5 heteroatoms. The molecule has 1 heterocycles. The monoisotopic (exact) mass is 313 g/mol. The van der Waals surface area contributed by atoms with Gasteiger partial charge in [0, 0.05) is 6.04 Å². The Morgan fingerprint density at radius 2 is 2.14 bits per heavy atom. The smallest absolute Gasteiger partial charge is 0.115 e. The molecule has 1 saturated carbocycles. The average molecular weight is 314 g/mol. The van der Waals surface area contributed by atoms with Crippen LogP contribution in [0.3, 0.4) is 0 Å². The van der Waals surface area contributed by atoms with Gasteiger partial charge in [-0.1, -0.05) is 31.4 Å². The highest BCUT2D eigenvalue weighted by Crippen LogP contribution is 2.45. The maximum Gasteiger partial charge on any atom is 0.115 e. The van der Waals surface area contributed by atoms with Crippen LogP contribution in [0.15, 0.2) is 6.20 Å². The highest BCUT2D eigenvalue weighted by molar-refractivity contribution is 6.31. The Balaban J connectivity index is 2.44. The molecule has 1 aromatic heterocycles. The number of halogens is 1. The Morgan fingerprint density at radius 3 is 2.67 bits per heavy atom. The van der Waals surface area contributed by atoms with E-state index in [0.717, 1.165) is 25.0 Å². The number of aromatic nitrogens is 2. The Labute approximate surface area is 133 Å². The molecule has 1 aliphatic carbocycles. The van der Waals surface area contributed by atoms with Gasteiger partial charge in [0.05, 0.1) is 22.5 Å². The van der Waals surface area contributed by atoms with Gasteiger partial charge in [0.25, 0.3) is 0 Å². The number of hydrogen-bond acceptors (Lipinski definition) is 3. The van der Waals surface area contributed by atoms with Crippen LogP contribution >= 0.6 is 11.6 Å². The van der Waals surface area contributed by atoms with Crippen molar-refractivity contribution in [3.05, 3.63) is 16.9 Å². The summed E-state index contributed by atoms with van der Waals surface area (Å²) in [7, 11) is 4.12. The van der Waals surface area contributed by atoms with Crippen molar-refractivity contribution in [3.63, 3.8) is 0 Å². The van der Waals surface area contributed by atoms with Gasteiger partial charge >= 0.3 is 0 Å². The first-order chi connectivity index (χ1) is 9.79. The van der Waals surface area contributed by atoms with Crippen LogP contribution in [0.5, 0.6) is 0 Å². The van der Waals surface area contributed by atoms with E-state index in [1.807, 2.05) is 4.68 Å². The molecular weight excluding hydrogens is 286 g/mol. The van der Waals surface area contributed by atoms with Gasteiger partial charge in [-0.2, -0.15) is 5.10 Å². The normalized spacial score (nSPS) is 28.3. The van der Waals surface area contributed by atoms with Crippen LogP contribution < -0.4 is 0 Å². The Hall–Kier alpha value is -0.580. The van der Waals surface area contributed by atoms with Crippen LogP contribution in [0.4, 0.5) is 0 Å². The zero-order valence-electron chi connectivity index (χ0n) is 13.8. The van der Waals surface area contributed by atoms with Crippen LogP contribution in [0.25, 0.3) is 0 Å². The molecule has 1 aliphatic rings. The third-order valence-electron chi connectivity index (χ3n) is 4.94. The largest absolute Gasteiger partial charge is 0.385 e. The van der Waals surface area contributed by atoms with Crippen LogP contribution in [-0.4, -0.2) is 39.4 Å². The zero-order valence-corrected chi connectivity index (χ0v) is 14.6. The molecule has 0 amide bonds. The van der Waals surface area contributed by atoms with Crippen LogP contribution in [0.2, 0.25) is 5.02 Å². The molecule has 120 valence electrons. The summed E-state index contributed by atoms with van der Waals surface area (Å²) >= 11 is 6.34. The molecule has 1 N–H and O–H groups in total. The Kier molecular flexibility index (Phi) is 5.01. The first-order valence-corrected chi connectivity index (χ1v) is 8.25.